The van der Waals surface area contributed by atoms with Crippen LogP contribution in [0.25, 0.3) is 22.7 Å². The van der Waals surface area contributed by atoms with E-state index in [0.717, 1.165) is 40.6 Å². The number of carbonyl (C=O) groups excluding carboxylic acids is 2. The Hall–Kier alpha value is -4.59. The fourth-order valence-corrected chi connectivity index (χ4v) is 4.86. The van der Waals surface area contributed by atoms with Crippen molar-refractivity contribution in [2.45, 2.75) is 38.1 Å². The van der Waals surface area contributed by atoms with Gasteiger partial charge in [-0.15, -0.1) is 0 Å². The fourth-order valence-electron chi connectivity index (χ4n) is 4.86. The van der Waals surface area contributed by atoms with Crippen LogP contribution in [0.15, 0.2) is 72.0 Å². The second kappa shape index (κ2) is 10.0. The molecule has 1 fully saturated rings. The first kappa shape index (κ1) is 25.1. The number of amides is 2. The largest absolute Gasteiger partial charge is 0.357 e. The Labute approximate surface area is 221 Å². The van der Waals surface area contributed by atoms with Crippen molar-refractivity contribution in [1.82, 2.24) is 25.2 Å². The van der Waals surface area contributed by atoms with Gasteiger partial charge in [0, 0.05) is 35.8 Å². The number of imidazole rings is 1. The monoisotopic (exact) mass is 506 g/mol. The van der Waals surface area contributed by atoms with Gasteiger partial charge in [-0.25, -0.2) is 9.98 Å². The van der Waals surface area contributed by atoms with Crippen LogP contribution in [0, 0.1) is 0 Å². The molecule has 5 rings (SSSR count). The molecule has 1 saturated carbocycles. The van der Waals surface area contributed by atoms with E-state index in [1.54, 1.807) is 19.1 Å². The molecule has 0 radical (unpaired) electrons. The van der Waals surface area contributed by atoms with Crippen molar-refractivity contribution in [1.29, 1.82) is 0 Å². The lowest BCUT2D eigenvalue weighted by molar-refractivity contribution is -0.122. The number of fused-ring (bicyclic) bond motifs is 1. The molecule has 0 saturated heterocycles. The lowest BCUT2D eigenvalue weighted by Crippen LogP contribution is -2.43. The summed E-state index contributed by atoms with van der Waals surface area (Å²) >= 11 is 0. The van der Waals surface area contributed by atoms with Crippen LogP contribution in [-0.4, -0.2) is 46.2 Å². The molecular formula is C30H30N6O2. The summed E-state index contributed by atoms with van der Waals surface area (Å²) in [7, 11) is 1.54. The van der Waals surface area contributed by atoms with Crippen molar-refractivity contribution in [2.75, 3.05) is 7.05 Å². The van der Waals surface area contributed by atoms with Gasteiger partial charge in [0.2, 0.25) is 11.9 Å². The van der Waals surface area contributed by atoms with E-state index in [1.165, 1.54) is 12.6 Å². The van der Waals surface area contributed by atoms with E-state index in [-0.39, 0.29) is 17.2 Å². The Morgan fingerprint density at radius 2 is 1.84 bits per heavy atom. The third-order valence-electron chi connectivity index (χ3n) is 7.23. The van der Waals surface area contributed by atoms with Gasteiger partial charge in [-0.3, -0.25) is 19.1 Å². The van der Waals surface area contributed by atoms with Gasteiger partial charge >= 0.3 is 0 Å². The highest BCUT2D eigenvalue weighted by Crippen LogP contribution is 2.54. The van der Waals surface area contributed by atoms with Crippen LogP contribution in [0.2, 0.25) is 0 Å². The number of likely N-dealkylation sites (N-methyl/N-ethyl adjacent to an activating group) is 1. The maximum Gasteiger partial charge on any atom is 0.251 e. The number of rotatable bonds is 8. The minimum Gasteiger partial charge on any atom is -0.357 e. The summed E-state index contributed by atoms with van der Waals surface area (Å²) < 4.78 is 2.02. The minimum absolute atomic E-state index is 0.139. The lowest BCUT2D eigenvalue weighted by atomic mass is 9.91. The number of aromatic nitrogens is 3. The second-order valence-electron chi connectivity index (χ2n) is 9.66. The van der Waals surface area contributed by atoms with Crippen molar-refractivity contribution < 1.29 is 9.59 Å². The highest BCUT2D eigenvalue weighted by molar-refractivity contribution is 5.97. The summed E-state index contributed by atoms with van der Waals surface area (Å²) in [5.74, 6) is -0.0110. The number of benzene rings is 2. The molecule has 0 spiro atoms. The van der Waals surface area contributed by atoms with E-state index in [9.17, 15) is 9.59 Å². The van der Waals surface area contributed by atoms with E-state index >= 15 is 0 Å². The zero-order chi connectivity index (χ0) is 26.9. The van der Waals surface area contributed by atoms with Crippen molar-refractivity contribution >= 4 is 47.2 Å². The smallest absolute Gasteiger partial charge is 0.251 e. The molecule has 8 heteroatoms. The maximum absolute atomic E-state index is 12.5. The predicted molar refractivity (Wildman–Crippen MR) is 150 cm³/mol. The molecule has 2 aromatic heterocycles. The van der Waals surface area contributed by atoms with Crippen LogP contribution in [0.1, 0.15) is 53.9 Å². The zero-order valence-electron chi connectivity index (χ0n) is 21.7. The standard InChI is InChI=1S/C30H30N6O2/c1-19(21-7-9-22(10-8-21)28(38)35-20(2)27(37)31-3)18-36-26(17-34-29(36)32-4)30(13-14-30)24-11-12-25-23(16-24)6-5-15-33-25/h5-12,15-18,20H,4,13-14H2,1-3H3,(H,31,37)(H,35,38)/b19-18+/t20-/m0/s1. The molecule has 38 heavy (non-hydrogen) atoms. The quantitative estimate of drug-likeness (QED) is 0.338. The highest BCUT2D eigenvalue weighted by Gasteiger charge is 2.48. The van der Waals surface area contributed by atoms with E-state index < -0.39 is 6.04 Å². The van der Waals surface area contributed by atoms with Crippen molar-refractivity contribution in [3.05, 3.63) is 89.4 Å². The second-order valence-corrected chi connectivity index (χ2v) is 9.66. The molecule has 1 aliphatic carbocycles. The molecule has 2 aromatic carbocycles. The van der Waals surface area contributed by atoms with Gasteiger partial charge in [0.15, 0.2) is 0 Å². The molecule has 4 aromatic rings. The van der Waals surface area contributed by atoms with Crippen LogP contribution in [0.3, 0.4) is 0 Å². The predicted octanol–water partition coefficient (Wildman–Crippen LogP) is 4.73. The first-order valence-corrected chi connectivity index (χ1v) is 12.6. The summed E-state index contributed by atoms with van der Waals surface area (Å²) in [6, 6.07) is 17.2. The third-order valence-corrected chi connectivity index (χ3v) is 7.23. The molecule has 1 atom stereocenters. The number of hydrogen-bond donors (Lipinski definition) is 2. The number of hydrogen-bond acceptors (Lipinski definition) is 5. The van der Waals surface area contributed by atoms with Gasteiger partial charge < -0.3 is 10.6 Å². The summed E-state index contributed by atoms with van der Waals surface area (Å²) in [5.41, 5.74) is 5.57. The summed E-state index contributed by atoms with van der Waals surface area (Å²) in [6.45, 7) is 7.39. The van der Waals surface area contributed by atoms with Crippen LogP contribution in [-0.2, 0) is 10.2 Å². The molecule has 2 heterocycles. The van der Waals surface area contributed by atoms with Crippen molar-refractivity contribution in [3.63, 3.8) is 0 Å². The maximum atomic E-state index is 12.5. The Bertz CT molecular complexity index is 1560. The third kappa shape index (κ3) is 4.61. The first-order valence-electron chi connectivity index (χ1n) is 12.6. The fraction of sp³-hybridized carbons (Fsp3) is 0.233. The van der Waals surface area contributed by atoms with Gasteiger partial charge in [0.1, 0.15) is 6.04 Å². The van der Waals surface area contributed by atoms with E-state index in [1.807, 2.05) is 48.3 Å². The van der Waals surface area contributed by atoms with E-state index in [2.05, 4.69) is 56.6 Å². The normalized spacial score (nSPS) is 15.1. The highest BCUT2D eigenvalue weighted by atomic mass is 16.2. The summed E-state index contributed by atoms with van der Waals surface area (Å²) in [4.78, 5) is 37.4. The Kier molecular flexibility index (Phi) is 6.63. The topological polar surface area (TPSA) is 101 Å². The number of allylic oxidation sites excluding steroid dienone is 1. The SMILES string of the molecule is C=Nc1ncc(C2(c3ccc4ncccc4c3)CC2)n1/C=C(\C)c1ccc(C(=O)N[C@@H](C)C(=O)NC)cc1. The number of nitrogens with zero attached hydrogens (tertiary/aromatic N) is 4. The Morgan fingerprint density at radius 3 is 2.53 bits per heavy atom. The number of carbonyl (C=O) groups is 2. The van der Waals surface area contributed by atoms with E-state index in [4.69, 9.17) is 0 Å². The average Bonchev–Trinajstić information content (AvgIpc) is 3.66. The van der Waals surface area contributed by atoms with Gasteiger partial charge in [-0.2, -0.15) is 0 Å². The van der Waals surface area contributed by atoms with Crippen LogP contribution in [0.5, 0.6) is 0 Å². The summed E-state index contributed by atoms with van der Waals surface area (Å²) in [6.07, 6.45) is 7.77. The van der Waals surface area contributed by atoms with Gasteiger partial charge in [-0.1, -0.05) is 24.3 Å². The molecule has 8 nitrogen and oxygen atoms in total. The van der Waals surface area contributed by atoms with Crippen molar-refractivity contribution in [2.24, 2.45) is 4.99 Å². The number of pyridine rings is 1. The first-order chi connectivity index (χ1) is 18.4. The molecule has 2 N–H and O–H groups in total. The van der Waals surface area contributed by atoms with Gasteiger partial charge in [0.25, 0.3) is 5.91 Å². The lowest BCUT2D eigenvalue weighted by Gasteiger charge is -2.18. The minimum atomic E-state index is -0.619. The molecule has 1 aliphatic rings. The molecule has 0 unspecified atom stereocenters. The molecule has 0 bridgehead atoms. The Balaban J connectivity index is 1.44. The molecule has 0 aliphatic heterocycles. The molecule has 2 amide bonds. The summed E-state index contributed by atoms with van der Waals surface area (Å²) in [5, 5.41) is 6.35. The zero-order valence-corrected chi connectivity index (χ0v) is 21.7. The Morgan fingerprint density at radius 1 is 1.11 bits per heavy atom. The number of nitrogens with one attached hydrogen (secondary N) is 2. The average molecular weight is 507 g/mol. The van der Waals surface area contributed by atoms with Crippen LogP contribution < -0.4 is 10.6 Å². The van der Waals surface area contributed by atoms with Gasteiger partial charge in [0.05, 0.1) is 17.4 Å². The van der Waals surface area contributed by atoms with Crippen molar-refractivity contribution in [3.8, 4) is 0 Å². The van der Waals surface area contributed by atoms with Crippen LogP contribution in [0.4, 0.5) is 5.95 Å². The van der Waals surface area contributed by atoms with Crippen LogP contribution >= 0.6 is 0 Å². The molecular weight excluding hydrogens is 476 g/mol. The molecule has 192 valence electrons. The van der Waals surface area contributed by atoms with E-state index in [0.29, 0.717) is 11.5 Å². The number of aliphatic imine (C=N–C) groups is 1. The van der Waals surface area contributed by atoms with Gasteiger partial charge in [-0.05, 0) is 80.4 Å².